The smallest absolute Gasteiger partial charge is 0.219 e. The fourth-order valence-corrected chi connectivity index (χ4v) is 3.51. The molecule has 1 aromatic carbocycles. The Bertz CT molecular complexity index is 546. The molecule has 2 N–H and O–H groups in total. The molecule has 0 radical (unpaired) electrons. The van der Waals surface area contributed by atoms with Crippen molar-refractivity contribution in [2.75, 3.05) is 20.8 Å². The minimum Gasteiger partial charge on any atom is -0.493 e. The Morgan fingerprint density at radius 3 is 2.70 bits per heavy atom. The van der Waals surface area contributed by atoms with Crippen LogP contribution in [0, 0.1) is 11.8 Å². The van der Waals surface area contributed by atoms with Crippen LogP contribution in [0.2, 0.25) is 0 Å². The monoisotopic (exact) mass is 276 g/mol. The zero-order chi connectivity index (χ0) is 14.4. The Kier molecular flexibility index (Phi) is 3.09. The maximum atomic E-state index is 11.9. The molecular formula is C15H20N2O3. The minimum absolute atomic E-state index is 0.00227. The molecule has 2 aliphatic rings. The predicted molar refractivity (Wildman–Crippen MR) is 74.6 cm³/mol. The summed E-state index contributed by atoms with van der Waals surface area (Å²) < 4.78 is 10.9. The average molecular weight is 276 g/mol. The maximum absolute atomic E-state index is 11.9. The highest BCUT2D eigenvalue weighted by atomic mass is 16.5. The number of piperidine rings is 1. The van der Waals surface area contributed by atoms with Gasteiger partial charge in [0.1, 0.15) is 0 Å². The zero-order valence-electron chi connectivity index (χ0n) is 12.0. The van der Waals surface area contributed by atoms with Crippen molar-refractivity contribution >= 4 is 5.91 Å². The second-order valence-electron chi connectivity index (χ2n) is 5.52. The van der Waals surface area contributed by atoms with Crippen molar-refractivity contribution in [3.8, 4) is 11.5 Å². The van der Waals surface area contributed by atoms with Crippen LogP contribution in [-0.4, -0.2) is 37.6 Å². The number of hydrogen-bond donors (Lipinski definition) is 1. The van der Waals surface area contributed by atoms with E-state index >= 15 is 0 Å². The molecule has 2 fully saturated rings. The fraction of sp³-hybridized carbons (Fsp3) is 0.533. The van der Waals surface area contributed by atoms with E-state index in [1.165, 1.54) is 0 Å². The van der Waals surface area contributed by atoms with Gasteiger partial charge in [-0.15, -0.1) is 0 Å². The normalized spacial score (nSPS) is 30.9. The number of methoxy groups -OCH3 is 2. The summed E-state index contributed by atoms with van der Waals surface area (Å²) in [5.41, 5.74) is 7.10. The van der Waals surface area contributed by atoms with E-state index < -0.39 is 0 Å². The SMILES string of the molecule is COc1cccc(C2C3C(N)C3CN2C(C)=O)c1OC. The zero-order valence-corrected chi connectivity index (χ0v) is 12.0. The molecule has 1 saturated heterocycles. The number of fused-ring (bicyclic) bond motifs is 1. The lowest BCUT2D eigenvalue weighted by molar-refractivity contribution is -0.130. The summed E-state index contributed by atoms with van der Waals surface area (Å²) in [6, 6.07) is 5.97. The number of carbonyl (C=O) groups excluding carboxylic acids is 1. The van der Waals surface area contributed by atoms with E-state index in [9.17, 15) is 4.79 Å². The lowest BCUT2D eigenvalue weighted by atomic mass is 10.00. The van der Waals surface area contributed by atoms with Crippen LogP contribution in [0.5, 0.6) is 11.5 Å². The van der Waals surface area contributed by atoms with Gasteiger partial charge in [-0.1, -0.05) is 12.1 Å². The number of nitrogens with zero attached hydrogens (tertiary/aromatic N) is 1. The van der Waals surface area contributed by atoms with Crippen molar-refractivity contribution in [1.82, 2.24) is 4.90 Å². The number of likely N-dealkylation sites (tertiary alicyclic amines) is 1. The van der Waals surface area contributed by atoms with Crippen molar-refractivity contribution in [3.63, 3.8) is 0 Å². The molecule has 1 saturated carbocycles. The first kappa shape index (κ1) is 13.2. The van der Waals surface area contributed by atoms with Gasteiger partial charge in [0, 0.05) is 31.0 Å². The Balaban J connectivity index is 2.04. The van der Waals surface area contributed by atoms with Gasteiger partial charge in [0.05, 0.1) is 20.3 Å². The molecule has 4 unspecified atom stereocenters. The van der Waals surface area contributed by atoms with Gasteiger partial charge in [0.2, 0.25) is 5.91 Å². The Morgan fingerprint density at radius 2 is 2.10 bits per heavy atom. The molecule has 0 bridgehead atoms. The first-order chi connectivity index (χ1) is 9.60. The second-order valence-corrected chi connectivity index (χ2v) is 5.52. The number of hydrogen-bond acceptors (Lipinski definition) is 4. The largest absolute Gasteiger partial charge is 0.493 e. The molecule has 4 atom stereocenters. The predicted octanol–water partition coefficient (Wildman–Crippen LogP) is 1.18. The molecule has 1 heterocycles. The number of ether oxygens (including phenoxy) is 2. The van der Waals surface area contributed by atoms with E-state index in [4.69, 9.17) is 15.2 Å². The molecule has 1 aliphatic heterocycles. The topological polar surface area (TPSA) is 64.8 Å². The third kappa shape index (κ3) is 1.77. The van der Waals surface area contributed by atoms with Gasteiger partial charge in [-0.05, 0) is 12.0 Å². The molecule has 1 aromatic rings. The molecule has 1 amide bonds. The summed E-state index contributed by atoms with van der Waals surface area (Å²) in [6.07, 6.45) is 0. The van der Waals surface area contributed by atoms with Crippen LogP contribution in [0.15, 0.2) is 18.2 Å². The first-order valence-corrected chi connectivity index (χ1v) is 6.83. The maximum Gasteiger partial charge on any atom is 0.219 e. The summed E-state index contributed by atoms with van der Waals surface area (Å²) in [7, 11) is 3.24. The van der Waals surface area contributed by atoms with E-state index in [1.54, 1.807) is 21.1 Å². The van der Waals surface area contributed by atoms with Crippen molar-refractivity contribution in [3.05, 3.63) is 23.8 Å². The molecular weight excluding hydrogens is 256 g/mol. The molecule has 3 rings (SSSR count). The lowest BCUT2D eigenvalue weighted by Gasteiger charge is -2.29. The molecule has 108 valence electrons. The Labute approximate surface area is 118 Å². The lowest BCUT2D eigenvalue weighted by Crippen LogP contribution is -2.35. The van der Waals surface area contributed by atoms with Crippen LogP contribution in [0.25, 0.3) is 0 Å². The van der Waals surface area contributed by atoms with Gasteiger partial charge < -0.3 is 20.1 Å². The van der Waals surface area contributed by atoms with E-state index in [1.807, 2.05) is 23.1 Å². The summed E-state index contributed by atoms with van der Waals surface area (Å²) in [5, 5.41) is 0. The molecule has 1 aliphatic carbocycles. The summed E-state index contributed by atoms with van der Waals surface area (Å²) >= 11 is 0. The number of benzene rings is 1. The highest BCUT2D eigenvalue weighted by molar-refractivity contribution is 5.75. The summed E-state index contributed by atoms with van der Waals surface area (Å²) in [4.78, 5) is 13.8. The van der Waals surface area contributed by atoms with Crippen LogP contribution in [-0.2, 0) is 4.79 Å². The highest BCUT2D eigenvalue weighted by Gasteiger charge is 2.61. The van der Waals surface area contributed by atoms with Gasteiger partial charge >= 0.3 is 0 Å². The first-order valence-electron chi connectivity index (χ1n) is 6.83. The van der Waals surface area contributed by atoms with Crippen molar-refractivity contribution in [2.24, 2.45) is 17.6 Å². The van der Waals surface area contributed by atoms with Gasteiger partial charge in [-0.25, -0.2) is 0 Å². The van der Waals surface area contributed by atoms with Crippen molar-refractivity contribution in [2.45, 2.75) is 19.0 Å². The van der Waals surface area contributed by atoms with Crippen molar-refractivity contribution < 1.29 is 14.3 Å². The Morgan fingerprint density at radius 1 is 1.35 bits per heavy atom. The van der Waals surface area contributed by atoms with E-state index in [0.29, 0.717) is 23.3 Å². The van der Waals surface area contributed by atoms with Gasteiger partial charge in [0.25, 0.3) is 0 Å². The third-order valence-corrected chi connectivity index (χ3v) is 4.56. The average Bonchev–Trinajstić information content (AvgIpc) is 2.90. The minimum atomic E-state index is -0.00227. The number of amides is 1. The van der Waals surface area contributed by atoms with E-state index in [0.717, 1.165) is 12.1 Å². The van der Waals surface area contributed by atoms with Crippen LogP contribution in [0.1, 0.15) is 18.5 Å². The Hall–Kier alpha value is -1.75. The molecule has 5 heteroatoms. The van der Waals surface area contributed by atoms with Crippen LogP contribution < -0.4 is 15.2 Å². The quantitative estimate of drug-likeness (QED) is 0.900. The van der Waals surface area contributed by atoms with Gasteiger partial charge in [0.15, 0.2) is 11.5 Å². The number of para-hydroxylation sites is 1. The van der Waals surface area contributed by atoms with Gasteiger partial charge in [-0.3, -0.25) is 4.79 Å². The summed E-state index contributed by atoms with van der Waals surface area (Å²) in [6.45, 7) is 2.35. The number of rotatable bonds is 3. The highest BCUT2D eigenvalue weighted by Crippen LogP contribution is 2.57. The molecule has 5 nitrogen and oxygen atoms in total. The molecule has 20 heavy (non-hydrogen) atoms. The van der Waals surface area contributed by atoms with Gasteiger partial charge in [-0.2, -0.15) is 0 Å². The fourth-order valence-electron chi connectivity index (χ4n) is 3.51. The second kappa shape index (κ2) is 4.66. The van der Waals surface area contributed by atoms with E-state index in [2.05, 4.69) is 0 Å². The molecule has 0 aromatic heterocycles. The van der Waals surface area contributed by atoms with E-state index in [-0.39, 0.29) is 18.0 Å². The van der Waals surface area contributed by atoms with Crippen LogP contribution >= 0.6 is 0 Å². The van der Waals surface area contributed by atoms with Crippen LogP contribution in [0.3, 0.4) is 0 Å². The standard InChI is InChI=1S/C15H20N2O3/c1-8(18)17-7-10-12(13(10)16)14(17)9-5-4-6-11(19-2)15(9)20-3/h4-6,10,12-14H,7,16H2,1-3H3. The summed E-state index contributed by atoms with van der Waals surface area (Å²) in [5.74, 6) is 2.22. The van der Waals surface area contributed by atoms with Crippen LogP contribution in [0.4, 0.5) is 0 Å². The number of nitrogens with two attached hydrogens (primary N) is 1. The number of carbonyl (C=O) groups is 1. The van der Waals surface area contributed by atoms with Crippen molar-refractivity contribution in [1.29, 1.82) is 0 Å². The third-order valence-electron chi connectivity index (χ3n) is 4.56. The molecule has 0 spiro atoms.